The maximum absolute atomic E-state index is 4.43. The van der Waals surface area contributed by atoms with E-state index in [4.69, 9.17) is 0 Å². The molecule has 66 valence electrons. The molecule has 0 aromatic carbocycles. The van der Waals surface area contributed by atoms with Gasteiger partial charge in [0.2, 0.25) is 0 Å². The van der Waals surface area contributed by atoms with Gasteiger partial charge < -0.3 is 0 Å². The van der Waals surface area contributed by atoms with Crippen LogP contribution in [0.25, 0.3) is 10.6 Å². The summed E-state index contributed by atoms with van der Waals surface area (Å²) in [5.74, 6) is 0.908. The van der Waals surface area contributed by atoms with Crippen LogP contribution < -0.4 is 0 Å². The molecule has 0 fully saturated rings. The third kappa shape index (κ3) is 1.75. The molecule has 0 N–H and O–H groups in total. The Bertz CT molecular complexity index is 382. The topological polar surface area (TPSA) is 25.8 Å². The molecule has 0 aliphatic carbocycles. The molecule has 2 heterocycles. The fraction of sp³-hybridized carbons (Fsp3) is 0.200. The molecule has 2 aromatic rings. The van der Waals surface area contributed by atoms with Crippen LogP contribution in [0.4, 0.5) is 0 Å². The van der Waals surface area contributed by atoms with Crippen LogP contribution in [0.3, 0.4) is 0 Å². The van der Waals surface area contributed by atoms with Crippen LogP contribution in [0.15, 0.2) is 29.8 Å². The molecule has 13 heavy (non-hydrogen) atoms. The van der Waals surface area contributed by atoms with Crippen molar-refractivity contribution in [3.05, 3.63) is 35.6 Å². The Balaban J connectivity index is 2.41. The second-order valence-corrected chi connectivity index (χ2v) is 3.64. The average molecular weight is 190 g/mol. The van der Waals surface area contributed by atoms with E-state index in [2.05, 4.69) is 28.3 Å². The van der Waals surface area contributed by atoms with E-state index in [1.54, 1.807) is 11.3 Å². The van der Waals surface area contributed by atoms with Crippen LogP contribution in [-0.4, -0.2) is 9.97 Å². The monoisotopic (exact) mass is 190 g/mol. The number of hydrogen-bond donors (Lipinski definition) is 0. The first-order valence-electron chi connectivity index (χ1n) is 4.26. The van der Waals surface area contributed by atoms with Crippen molar-refractivity contribution in [1.29, 1.82) is 0 Å². The molecule has 0 unspecified atom stereocenters. The minimum absolute atomic E-state index is 0.888. The summed E-state index contributed by atoms with van der Waals surface area (Å²) in [5.41, 5.74) is 1.03. The quantitative estimate of drug-likeness (QED) is 0.727. The van der Waals surface area contributed by atoms with Gasteiger partial charge in [0.05, 0.1) is 10.6 Å². The molecule has 0 aliphatic rings. The SMILES string of the molecule is CCc1nccc(-c2cccs2)n1. The predicted molar refractivity (Wildman–Crippen MR) is 54.7 cm³/mol. The fourth-order valence-electron chi connectivity index (χ4n) is 1.13. The Kier molecular flexibility index (Phi) is 2.36. The molecule has 0 atom stereocenters. The fourth-order valence-corrected chi connectivity index (χ4v) is 1.83. The summed E-state index contributed by atoms with van der Waals surface area (Å²) in [5, 5.41) is 2.06. The number of nitrogens with zero attached hydrogens (tertiary/aromatic N) is 2. The van der Waals surface area contributed by atoms with Crippen molar-refractivity contribution in [2.45, 2.75) is 13.3 Å². The van der Waals surface area contributed by atoms with Crippen LogP contribution in [-0.2, 0) is 6.42 Å². The van der Waals surface area contributed by atoms with Crippen LogP contribution in [0.1, 0.15) is 12.7 Å². The van der Waals surface area contributed by atoms with Gasteiger partial charge in [-0.1, -0.05) is 13.0 Å². The van der Waals surface area contributed by atoms with Gasteiger partial charge in [0, 0.05) is 12.6 Å². The predicted octanol–water partition coefficient (Wildman–Crippen LogP) is 2.77. The molecule has 2 rings (SSSR count). The van der Waals surface area contributed by atoms with E-state index in [0.717, 1.165) is 17.9 Å². The molecule has 3 heteroatoms. The molecule has 0 saturated heterocycles. The Morgan fingerprint density at radius 1 is 1.38 bits per heavy atom. The van der Waals surface area contributed by atoms with Gasteiger partial charge in [0.25, 0.3) is 0 Å². The number of aryl methyl sites for hydroxylation is 1. The van der Waals surface area contributed by atoms with Gasteiger partial charge in [-0.25, -0.2) is 9.97 Å². The highest BCUT2D eigenvalue weighted by Crippen LogP contribution is 2.21. The second-order valence-electron chi connectivity index (χ2n) is 2.69. The lowest BCUT2D eigenvalue weighted by atomic mass is 10.3. The second kappa shape index (κ2) is 3.66. The van der Waals surface area contributed by atoms with Crippen LogP contribution in [0, 0.1) is 0 Å². The highest BCUT2D eigenvalue weighted by Gasteiger charge is 2.00. The number of aromatic nitrogens is 2. The van der Waals surface area contributed by atoms with Crippen LogP contribution in [0.2, 0.25) is 0 Å². The van der Waals surface area contributed by atoms with E-state index in [1.165, 1.54) is 4.88 Å². The van der Waals surface area contributed by atoms with Gasteiger partial charge >= 0.3 is 0 Å². The summed E-state index contributed by atoms with van der Waals surface area (Å²) in [6, 6.07) is 6.06. The van der Waals surface area contributed by atoms with Crippen LogP contribution in [0.5, 0.6) is 0 Å². The van der Waals surface area contributed by atoms with Crippen molar-refractivity contribution in [3.63, 3.8) is 0 Å². The highest BCUT2D eigenvalue weighted by molar-refractivity contribution is 7.13. The van der Waals surface area contributed by atoms with Crippen molar-refractivity contribution in [2.24, 2.45) is 0 Å². The van der Waals surface area contributed by atoms with Gasteiger partial charge in [-0.15, -0.1) is 11.3 Å². The Labute approximate surface area is 81.3 Å². The van der Waals surface area contributed by atoms with Crippen molar-refractivity contribution in [2.75, 3.05) is 0 Å². The molecular formula is C10H10N2S. The Morgan fingerprint density at radius 3 is 3.00 bits per heavy atom. The molecule has 0 saturated carbocycles. The maximum atomic E-state index is 4.43. The Morgan fingerprint density at radius 2 is 2.31 bits per heavy atom. The van der Waals surface area contributed by atoms with Gasteiger partial charge in [-0.3, -0.25) is 0 Å². The zero-order valence-electron chi connectivity index (χ0n) is 7.40. The summed E-state index contributed by atoms with van der Waals surface area (Å²) in [6.45, 7) is 2.06. The summed E-state index contributed by atoms with van der Waals surface area (Å²) in [7, 11) is 0. The first kappa shape index (κ1) is 8.38. The minimum atomic E-state index is 0.888. The van der Waals surface area contributed by atoms with E-state index in [9.17, 15) is 0 Å². The lowest BCUT2D eigenvalue weighted by Crippen LogP contribution is -1.92. The van der Waals surface area contributed by atoms with Crippen molar-refractivity contribution in [3.8, 4) is 10.6 Å². The molecule has 0 spiro atoms. The third-order valence-corrected chi connectivity index (χ3v) is 2.69. The molecule has 2 nitrogen and oxygen atoms in total. The molecule has 0 aliphatic heterocycles. The van der Waals surface area contributed by atoms with E-state index >= 15 is 0 Å². The van der Waals surface area contributed by atoms with E-state index in [0.29, 0.717) is 0 Å². The highest BCUT2D eigenvalue weighted by atomic mass is 32.1. The summed E-state index contributed by atoms with van der Waals surface area (Å²) >= 11 is 1.70. The largest absolute Gasteiger partial charge is 0.241 e. The normalized spacial score (nSPS) is 10.2. The van der Waals surface area contributed by atoms with E-state index in [-0.39, 0.29) is 0 Å². The smallest absolute Gasteiger partial charge is 0.128 e. The van der Waals surface area contributed by atoms with Crippen molar-refractivity contribution < 1.29 is 0 Å². The Hall–Kier alpha value is -1.22. The third-order valence-electron chi connectivity index (χ3n) is 1.80. The van der Waals surface area contributed by atoms with Gasteiger partial charge in [0.1, 0.15) is 5.82 Å². The van der Waals surface area contributed by atoms with Gasteiger partial charge in [-0.2, -0.15) is 0 Å². The maximum Gasteiger partial charge on any atom is 0.128 e. The van der Waals surface area contributed by atoms with E-state index in [1.807, 2.05) is 18.3 Å². The first-order valence-corrected chi connectivity index (χ1v) is 5.14. The lowest BCUT2D eigenvalue weighted by molar-refractivity contribution is 0.944. The zero-order valence-corrected chi connectivity index (χ0v) is 8.21. The van der Waals surface area contributed by atoms with Crippen LogP contribution >= 0.6 is 11.3 Å². The number of rotatable bonds is 2. The molecule has 0 amide bonds. The zero-order chi connectivity index (χ0) is 9.10. The van der Waals surface area contributed by atoms with Gasteiger partial charge in [-0.05, 0) is 17.5 Å². The summed E-state index contributed by atoms with van der Waals surface area (Å²) in [4.78, 5) is 9.80. The first-order chi connectivity index (χ1) is 6.40. The minimum Gasteiger partial charge on any atom is -0.241 e. The van der Waals surface area contributed by atoms with Crippen molar-refractivity contribution in [1.82, 2.24) is 9.97 Å². The van der Waals surface area contributed by atoms with E-state index < -0.39 is 0 Å². The number of thiophene rings is 1. The lowest BCUT2D eigenvalue weighted by Gasteiger charge is -1.98. The van der Waals surface area contributed by atoms with Gasteiger partial charge in [0.15, 0.2) is 0 Å². The molecular weight excluding hydrogens is 180 g/mol. The molecule has 0 bridgehead atoms. The standard InChI is InChI=1S/C10H10N2S/c1-2-10-11-6-5-8(12-10)9-4-3-7-13-9/h3-7H,2H2,1H3. The summed E-state index contributed by atoms with van der Waals surface area (Å²) in [6.07, 6.45) is 2.71. The number of hydrogen-bond acceptors (Lipinski definition) is 3. The van der Waals surface area contributed by atoms with Crippen molar-refractivity contribution >= 4 is 11.3 Å². The average Bonchev–Trinajstić information content (AvgIpc) is 2.71. The summed E-state index contributed by atoms with van der Waals surface area (Å²) < 4.78 is 0. The molecule has 0 radical (unpaired) electrons. The molecule has 2 aromatic heterocycles.